The quantitative estimate of drug-likeness (QED) is 0.843. The van der Waals surface area contributed by atoms with Gasteiger partial charge < -0.3 is 24.1 Å². The molecule has 1 fully saturated rings. The number of nitrogens with one attached hydrogen (secondary N) is 1. The smallest absolute Gasteiger partial charge is 0.256 e. The molecule has 4 rings (SSSR count). The van der Waals surface area contributed by atoms with Crippen LogP contribution in [-0.4, -0.2) is 48.6 Å². The minimum Gasteiger partial charge on any atom is -0.493 e. The van der Waals surface area contributed by atoms with E-state index in [1.165, 1.54) is 21.3 Å². The van der Waals surface area contributed by atoms with Crippen molar-refractivity contribution in [2.24, 2.45) is 5.92 Å². The molecule has 28 heavy (non-hydrogen) atoms. The normalized spacial score (nSPS) is 15.8. The number of carbonyl (C=O) groups is 1. The van der Waals surface area contributed by atoms with Gasteiger partial charge in [0.25, 0.3) is 5.56 Å². The molecule has 2 heterocycles. The molecule has 0 unspecified atom stereocenters. The van der Waals surface area contributed by atoms with Crippen LogP contribution in [-0.2, 0) is 17.8 Å². The van der Waals surface area contributed by atoms with Crippen LogP contribution >= 0.6 is 0 Å². The molecular formula is C20H23N3O5. The molecule has 0 saturated heterocycles. The van der Waals surface area contributed by atoms with E-state index >= 15 is 0 Å². The molecule has 1 saturated carbocycles. The zero-order valence-electron chi connectivity index (χ0n) is 16.2. The van der Waals surface area contributed by atoms with Crippen LogP contribution in [0.15, 0.2) is 16.9 Å². The first kappa shape index (κ1) is 18.3. The Hall–Kier alpha value is -3.03. The van der Waals surface area contributed by atoms with E-state index < -0.39 is 0 Å². The molecule has 0 bridgehead atoms. The van der Waals surface area contributed by atoms with Crippen molar-refractivity contribution in [2.45, 2.75) is 25.8 Å². The SMILES string of the molecule is COc1cc(-c2nc3c(c(=O)[nH]2)CN(C(=O)C2CC2)CC3)cc(OC)c1OC. The molecule has 1 aromatic carbocycles. The van der Waals surface area contributed by atoms with Crippen LogP contribution in [0.1, 0.15) is 24.1 Å². The largest absolute Gasteiger partial charge is 0.493 e. The molecule has 148 valence electrons. The Balaban J connectivity index is 1.70. The van der Waals surface area contributed by atoms with Crippen LogP contribution in [0.2, 0.25) is 0 Å². The Kier molecular flexibility index (Phi) is 4.70. The zero-order valence-corrected chi connectivity index (χ0v) is 16.2. The summed E-state index contributed by atoms with van der Waals surface area (Å²) in [6, 6.07) is 3.50. The van der Waals surface area contributed by atoms with Crippen molar-refractivity contribution in [3.63, 3.8) is 0 Å². The summed E-state index contributed by atoms with van der Waals surface area (Å²) in [5.41, 5.74) is 1.73. The lowest BCUT2D eigenvalue weighted by atomic mass is 10.1. The summed E-state index contributed by atoms with van der Waals surface area (Å²) in [6.45, 7) is 0.913. The molecule has 0 radical (unpaired) electrons. The van der Waals surface area contributed by atoms with Crippen LogP contribution in [0.4, 0.5) is 0 Å². The maximum absolute atomic E-state index is 12.7. The summed E-state index contributed by atoms with van der Waals surface area (Å²) in [4.78, 5) is 34.3. The molecule has 1 aromatic heterocycles. The summed E-state index contributed by atoms with van der Waals surface area (Å²) in [6.07, 6.45) is 2.48. The molecule has 0 atom stereocenters. The number of nitrogens with zero attached hydrogens (tertiary/aromatic N) is 2. The van der Waals surface area contributed by atoms with Gasteiger partial charge in [-0.25, -0.2) is 4.98 Å². The molecule has 2 aromatic rings. The molecular weight excluding hydrogens is 362 g/mol. The minimum absolute atomic E-state index is 0.145. The van der Waals surface area contributed by atoms with E-state index in [1.54, 1.807) is 17.0 Å². The highest BCUT2D eigenvalue weighted by Gasteiger charge is 2.35. The molecule has 8 heteroatoms. The van der Waals surface area contributed by atoms with E-state index in [1.807, 2.05) is 0 Å². The second-order valence-corrected chi connectivity index (χ2v) is 7.04. The predicted octanol–water partition coefficient (Wildman–Crippen LogP) is 1.76. The molecule has 1 N–H and O–H groups in total. The third kappa shape index (κ3) is 3.19. The van der Waals surface area contributed by atoms with Crippen molar-refractivity contribution in [3.05, 3.63) is 33.7 Å². The fourth-order valence-electron chi connectivity index (χ4n) is 3.56. The molecule has 1 aliphatic carbocycles. The van der Waals surface area contributed by atoms with Crippen molar-refractivity contribution in [3.8, 4) is 28.6 Å². The fourth-order valence-corrected chi connectivity index (χ4v) is 3.56. The minimum atomic E-state index is -0.220. The van der Waals surface area contributed by atoms with E-state index in [2.05, 4.69) is 9.97 Å². The second-order valence-electron chi connectivity index (χ2n) is 7.04. The van der Waals surface area contributed by atoms with Crippen molar-refractivity contribution in [1.82, 2.24) is 14.9 Å². The number of hydrogen-bond donors (Lipinski definition) is 1. The molecule has 0 spiro atoms. The summed E-state index contributed by atoms with van der Waals surface area (Å²) in [5, 5.41) is 0. The number of fused-ring (bicyclic) bond motifs is 1. The number of amides is 1. The maximum Gasteiger partial charge on any atom is 0.256 e. The lowest BCUT2D eigenvalue weighted by Crippen LogP contribution is -2.40. The number of aromatic amines is 1. The summed E-state index contributed by atoms with van der Waals surface area (Å²) in [5.74, 6) is 2.18. The van der Waals surface area contributed by atoms with Gasteiger partial charge in [-0.05, 0) is 25.0 Å². The average molecular weight is 385 g/mol. The summed E-state index contributed by atoms with van der Waals surface area (Å²) >= 11 is 0. The number of methoxy groups -OCH3 is 3. The average Bonchev–Trinajstić information content (AvgIpc) is 3.57. The molecule has 8 nitrogen and oxygen atoms in total. The lowest BCUT2D eigenvalue weighted by molar-refractivity contribution is -0.133. The monoisotopic (exact) mass is 385 g/mol. The Bertz CT molecular complexity index is 955. The third-order valence-corrected chi connectivity index (χ3v) is 5.25. The van der Waals surface area contributed by atoms with Crippen LogP contribution < -0.4 is 19.8 Å². The van der Waals surface area contributed by atoms with Gasteiger partial charge in [-0.2, -0.15) is 0 Å². The Morgan fingerprint density at radius 3 is 2.39 bits per heavy atom. The number of H-pyrrole nitrogens is 1. The standard InChI is InChI=1S/C20H23N3O5/c1-26-15-8-12(9-16(27-2)17(15)28-3)18-21-14-6-7-23(20(25)11-4-5-11)10-13(14)19(24)22-18/h8-9,11H,4-7,10H2,1-3H3,(H,21,22,24). The van der Waals surface area contributed by atoms with Crippen molar-refractivity contribution < 1.29 is 19.0 Å². The van der Waals surface area contributed by atoms with Gasteiger partial charge in [0.05, 0.1) is 39.1 Å². The number of carbonyl (C=O) groups excluding carboxylic acids is 1. The van der Waals surface area contributed by atoms with Crippen LogP contribution in [0.3, 0.4) is 0 Å². The van der Waals surface area contributed by atoms with Gasteiger partial charge in [-0.3, -0.25) is 9.59 Å². The Morgan fingerprint density at radius 1 is 1.14 bits per heavy atom. The van der Waals surface area contributed by atoms with E-state index in [0.717, 1.165) is 18.5 Å². The summed E-state index contributed by atoms with van der Waals surface area (Å²) in [7, 11) is 4.61. The van der Waals surface area contributed by atoms with Gasteiger partial charge in [0.1, 0.15) is 5.82 Å². The fraction of sp³-hybridized carbons (Fsp3) is 0.450. The number of rotatable bonds is 5. The third-order valence-electron chi connectivity index (χ3n) is 5.25. The lowest BCUT2D eigenvalue weighted by Gasteiger charge is -2.28. The van der Waals surface area contributed by atoms with Crippen LogP contribution in [0, 0.1) is 5.92 Å². The summed E-state index contributed by atoms with van der Waals surface area (Å²) < 4.78 is 16.1. The number of aromatic nitrogens is 2. The number of ether oxygens (including phenoxy) is 3. The van der Waals surface area contributed by atoms with Crippen LogP contribution in [0.25, 0.3) is 11.4 Å². The maximum atomic E-state index is 12.7. The van der Waals surface area contributed by atoms with Crippen molar-refractivity contribution >= 4 is 5.91 Å². The Labute approximate surface area is 162 Å². The van der Waals surface area contributed by atoms with Crippen molar-refractivity contribution in [1.29, 1.82) is 0 Å². The van der Waals surface area contributed by atoms with E-state index in [0.29, 0.717) is 53.7 Å². The van der Waals surface area contributed by atoms with Gasteiger partial charge in [0.2, 0.25) is 11.7 Å². The van der Waals surface area contributed by atoms with Gasteiger partial charge >= 0.3 is 0 Å². The highest BCUT2D eigenvalue weighted by Crippen LogP contribution is 2.40. The second kappa shape index (κ2) is 7.18. The van der Waals surface area contributed by atoms with Crippen molar-refractivity contribution in [2.75, 3.05) is 27.9 Å². The number of benzene rings is 1. The molecule has 1 aliphatic heterocycles. The van der Waals surface area contributed by atoms with Gasteiger partial charge in [0.15, 0.2) is 11.5 Å². The topological polar surface area (TPSA) is 93.8 Å². The first-order valence-electron chi connectivity index (χ1n) is 9.27. The van der Waals surface area contributed by atoms with E-state index in [4.69, 9.17) is 14.2 Å². The van der Waals surface area contributed by atoms with E-state index in [9.17, 15) is 9.59 Å². The predicted molar refractivity (Wildman–Crippen MR) is 102 cm³/mol. The molecule has 1 amide bonds. The molecule has 2 aliphatic rings. The zero-order chi connectivity index (χ0) is 19.8. The first-order chi connectivity index (χ1) is 13.5. The van der Waals surface area contributed by atoms with Gasteiger partial charge in [-0.1, -0.05) is 0 Å². The first-order valence-corrected chi connectivity index (χ1v) is 9.27. The highest BCUT2D eigenvalue weighted by molar-refractivity contribution is 5.81. The van der Waals surface area contributed by atoms with E-state index in [-0.39, 0.29) is 17.4 Å². The number of hydrogen-bond acceptors (Lipinski definition) is 6. The highest BCUT2D eigenvalue weighted by atomic mass is 16.5. The Morgan fingerprint density at radius 2 is 1.82 bits per heavy atom. The van der Waals surface area contributed by atoms with Crippen LogP contribution in [0.5, 0.6) is 17.2 Å². The van der Waals surface area contributed by atoms with Gasteiger partial charge in [0, 0.05) is 24.4 Å². The van der Waals surface area contributed by atoms with Gasteiger partial charge in [-0.15, -0.1) is 0 Å².